The van der Waals surface area contributed by atoms with Gasteiger partial charge in [-0.05, 0) is 20.8 Å². The predicted octanol–water partition coefficient (Wildman–Crippen LogP) is 6.88. The molecule has 0 aliphatic rings. The molecule has 0 aromatic rings. The molecule has 0 N–H and O–H groups in total. The van der Waals surface area contributed by atoms with Crippen molar-refractivity contribution in [2.45, 2.75) is 110 Å². The van der Waals surface area contributed by atoms with Crippen molar-refractivity contribution in [3.8, 4) is 0 Å². The van der Waals surface area contributed by atoms with E-state index < -0.39 is 16.9 Å². The quantitative estimate of drug-likeness (QED) is 0.188. The molecule has 0 aromatic carbocycles. The number of unbranched alkanes of at least 4 members (excludes halogenated alkanes) is 4. The Morgan fingerprint density at radius 3 is 1.28 bits per heavy atom. The largest absolute Gasteiger partial charge is 0.500 e. The maximum absolute atomic E-state index is 6.12. The fourth-order valence-electron chi connectivity index (χ4n) is 3.82. The predicted molar refractivity (Wildman–Crippen MR) is 115 cm³/mol. The number of hydrogen-bond donors (Lipinski definition) is 0. The van der Waals surface area contributed by atoms with Gasteiger partial charge in [0.25, 0.3) is 0 Å². The third-order valence-corrected chi connectivity index (χ3v) is 14.6. The van der Waals surface area contributed by atoms with Crippen molar-refractivity contribution in [3.05, 3.63) is 0 Å². The van der Waals surface area contributed by atoms with Crippen LogP contribution in [0.2, 0.25) is 30.2 Å². The second-order valence-electron chi connectivity index (χ2n) is 7.25. The molecule has 0 bridgehead atoms. The van der Waals surface area contributed by atoms with Gasteiger partial charge in [-0.25, -0.2) is 0 Å². The first-order valence-corrected chi connectivity index (χ1v) is 15.7. The molecule has 0 spiro atoms. The summed E-state index contributed by atoms with van der Waals surface area (Å²) in [5.41, 5.74) is 0. The highest BCUT2D eigenvalue weighted by molar-refractivity contribution is 6.81. The Balaban J connectivity index is 5.06. The van der Waals surface area contributed by atoms with E-state index in [1.807, 2.05) is 0 Å². The normalized spacial score (nSPS) is 12.7. The molecule has 0 amide bonds. The van der Waals surface area contributed by atoms with Crippen LogP contribution in [0.3, 0.4) is 0 Å². The van der Waals surface area contributed by atoms with E-state index >= 15 is 0 Å². The summed E-state index contributed by atoms with van der Waals surface area (Å²) < 4.78 is 18.4. The third-order valence-electron chi connectivity index (χ3n) is 5.43. The van der Waals surface area contributed by atoms with Crippen LogP contribution in [-0.2, 0) is 13.3 Å². The van der Waals surface area contributed by atoms with Gasteiger partial charge in [0.2, 0.25) is 0 Å². The van der Waals surface area contributed by atoms with Crippen LogP contribution in [0.1, 0.15) is 80.1 Å². The Morgan fingerprint density at radius 1 is 0.520 bits per heavy atom. The Bertz CT molecular complexity index is 274. The minimum atomic E-state index is -2.48. The fraction of sp³-hybridized carbons (Fsp3) is 1.00. The van der Waals surface area contributed by atoms with E-state index in [4.69, 9.17) is 13.3 Å². The van der Waals surface area contributed by atoms with Crippen LogP contribution >= 0.6 is 0 Å². The van der Waals surface area contributed by atoms with Crippen LogP contribution in [0.4, 0.5) is 0 Å². The maximum atomic E-state index is 6.12. The van der Waals surface area contributed by atoms with Gasteiger partial charge >= 0.3 is 8.80 Å². The van der Waals surface area contributed by atoms with Crippen LogP contribution in [0.15, 0.2) is 0 Å². The Morgan fingerprint density at radius 2 is 0.960 bits per heavy atom. The molecule has 0 aliphatic heterocycles. The molecule has 0 atom stereocenters. The van der Waals surface area contributed by atoms with Crippen molar-refractivity contribution in [1.29, 1.82) is 0 Å². The van der Waals surface area contributed by atoms with Crippen LogP contribution in [0, 0.1) is 0 Å². The minimum absolute atomic E-state index is 0.693. The summed E-state index contributed by atoms with van der Waals surface area (Å²) in [5.74, 6) is 0. The van der Waals surface area contributed by atoms with Crippen molar-refractivity contribution >= 4 is 16.9 Å². The Hall–Kier alpha value is 0.314. The molecule has 0 saturated heterocycles. The van der Waals surface area contributed by atoms with Crippen molar-refractivity contribution in [2.24, 2.45) is 0 Å². The molecule has 152 valence electrons. The molecular weight excluding hydrogens is 344 g/mol. The summed E-state index contributed by atoms with van der Waals surface area (Å²) in [6.07, 6.45) is 8.22. The molecule has 3 nitrogen and oxygen atoms in total. The monoisotopic (exact) mass is 390 g/mol. The van der Waals surface area contributed by atoms with Crippen LogP contribution in [-0.4, -0.2) is 36.7 Å². The summed E-state index contributed by atoms with van der Waals surface area (Å²) >= 11 is 0. The molecule has 0 aliphatic carbocycles. The molecular formula is C20H46O3Si2. The highest BCUT2D eigenvalue weighted by Crippen LogP contribution is 2.35. The van der Waals surface area contributed by atoms with E-state index in [2.05, 4.69) is 41.5 Å². The zero-order valence-corrected chi connectivity index (χ0v) is 20.1. The summed E-state index contributed by atoms with van der Waals surface area (Å²) in [7, 11) is -3.73. The van der Waals surface area contributed by atoms with E-state index in [1.54, 1.807) is 0 Å². The summed E-state index contributed by atoms with van der Waals surface area (Å²) in [5, 5.41) is 0. The summed E-state index contributed by atoms with van der Waals surface area (Å²) in [6, 6.07) is 6.71. The highest BCUT2D eigenvalue weighted by Gasteiger charge is 2.43. The van der Waals surface area contributed by atoms with Crippen LogP contribution < -0.4 is 0 Å². The van der Waals surface area contributed by atoms with Gasteiger partial charge in [0, 0.05) is 25.9 Å². The lowest BCUT2D eigenvalue weighted by atomic mass is 10.3. The van der Waals surface area contributed by atoms with E-state index in [-0.39, 0.29) is 0 Å². The number of hydrogen-bond acceptors (Lipinski definition) is 3. The average molecular weight is 391 g/mol. The van der Waals surface area contributed by atoms with Crippen molar-refractivity contribution in [1.82, 2.24) is 0 Å². The molecule has 0 rings (SSSR count). The van der Waals surface area contributed by atoms with E-state index in [9.17, 15) is 0 Å². The molecule has 25 heavy (non-hydrogen) atoms. The van der Waals surface area contributed by atoms with Gasteiger partial charge in [-0.1, -0.05) is 83.5 Å². The molecule has 0 saturated carbocycles. The van der Waals surface area contributed by atoms with Gasteiger partial charge in [0.05, 0.1) is 8.07 Å². The van der Waals surface area contributed by atoms with E-state index in [0.29, 0.717) is 19.8 Å². The SMILES string of the molecule is CCCCC[Si](CC)(CCCCC)CC[Si](OCC)(OCC)OCC. The zero-order valence-electron chi connectivity index (χ0n) is 18.1. The Kier molecular flexibility index (Phi) is 15.6. The standard InChI is InChI=1S/C20H46O3Si2/c1-7-13-15-17-24(12-6,18-16-14-8-2)19-20-25(21-9-3,22-10-4)23-11-5/h7-20H2,1-6H3. The minimum Gasteiger partial charge on any atom is -0.374 e. The summed E-state index contributed by atoms with van der Waals surface area (Å²) in [6.45, 7) is 15.3. The first kappa shape index (κ1) is 25.3. The van der Waals surface area contributed by atoms with Gasteiger partial charge in [-0.15, -0.1) is 0 Å². The Labute approximate surface area is 160 Å². The topological polar surface area (TPSA) is 27.7 Å². The third kappa shape index (κ3) is 10.3. The molecule has 0 aromatic heterocycles. The summed E-state index contributed by atoms with van der Waals surface area (Å²) in [4.78, 5) is 0. The molecule has 0 unspecified atom stereocenters. The molecule has 0 fully saturated rings. The smallest absolute Gasteiger partial charge is 0.374 e. The van der Waals surface area contributed by atoms with Crippen LogP contribution in [0.5, 0.6) is 0 Å². The van der Waals surface area contributed by atoms with Gasteiger partial charge in [0.1, 0.15) is 0 Å². The first-order chi connectivity index (χ1) is 12.1. The molecule has 0 radical (unpaired) electrons. The van der Waals surface area contributed by atoms with E-state index in [1.165, 1.54) is 62.7 Å². The van der Waals surface area contributed by atoms with Crippen molar-refractivity contribution in [2.75, 3.05) is 19.8 Å². The van der Waals surface area contributed by atoms with Crippen molar-refractivity contribution < 1.29 is 13.3 Å². The maximum Gasteiger partial charge on any atom is 0.500 e. The zero-order chi connectivity index (χ0) is 19.0. The fourth-order valence-corrected chi connectivity index (χ4v) is 13.0. The van der Waals surface area contributed by atoms with E-state index in [0.717, 1.165) is 6.04 Å². The first-order valence-electron chi connectivity index (χ1n) is 11.0. The lowest BCUT2D eigenvalue weighted by Gasteiger charge is -2.35. The lowest BCUT2D eigenvalue weighted by Crippen LogP contribution is -2.48. The van der Waals surface area contributed by atoms with Gasteiger partial charge in [-0.3, -0.25) is 0 Å². The average Bonchev–Trinajstić information content (AvgIpc) is 2.60. The highest BCUT2D eigenvalue weighted by atomic mass is 28.4. The van der Waals surface area contributed by atoms with Gasteiger partial charge in [0.15, 0.2) is 0 Å². The lowest BCUT2D eigenvalue weighted by molar-refractivity contribution is 0.0724. The second kappa shape index (κ2) is 15.4. The van der Waals surface area contributed by atoms with Gasteiger partial charge < -0.3 is 13.3 Å². The number of rotatable bonds is 18. The van der Waals surface area contributed by atoms with Crippen LogP contribution in [0.25, 0.3) is 0 Å². The molecule has 5 heteroatoms. The van der Waals surface area contributed by atoms with Crippen molar-refractivity contribution in [3.63, 3.8) is 0 Å². The van der Waals surface area contributed by atoms with Gasteiger partial charge in [-0.2, -0.15) is 0 Å². The second-order valence-corrected chi connectivity index (χ2v) is 15.2. The molecule has 0 heterocycles.